The van der Waals surface area contributed by atoms with E-state index in [1.807, 2.05) is 13.8 Å². The maximum Gasteiger partial charge on any atom is 0.299 e. The molecule has 1 aromatic carbocycles. The number of hydrogen-bond acceptors (Lipinski definition) is 3. The van der Waals surface area contributed by atoms with E-state index >= 15 is 0 Å². The molecule has 0 fully saturated rings. The highest BCUT2D eigenvalue weighted by Crippen LogP contribution is 2.36. The van der Waals surface area contributed by atoms with E-state index in [9.17, 15) is 9.59 Å². The molecule has 1 aromatic rings. The number of nitriles is 1. The average Bonchev–Trinajstić information content (AvgIpc) is 2.65. The van der Waals surface area contributed by atoms with E-state index < -0.39 is 17.1 Å². The van der Waals surface area contributed by atoms with Gasteiger partial charge in [0.1, 0.15) is 0 Å². The molecule has 5 heteroatoms. The fraction of sp³-hybridized carbons (Fsp3) is 0.400. The first-order chi connectivity index (χ1) is 9.37. The van der Waals surface area contributed by atoms with E-state index in [2.05, 4.69) is 6.07 Å². The first kappa shape index (κ1) is 14.5. The highest BCUT2D eigenvalue weighted by Gasteiger charge is 2.37. The Morgan fingerprint density at radius 1 is 1.35 bits per heavy atom. The zero-order chi connectivity index (χ0) is 14.9. The lowest BCUT2D eigenvalue weighted by molar-refractivity contribution is -0.114. The maximum absolute atomic E-state index is 12.0. The molecule has 0 atom stereocenters. The molecule has 0 radical (unpaired) electrons. The minimum atomic E-state index is -0.539. The Bertz CT molecular complexity index is 617. The van der Waals surface area contributed by atoms with Gasteiger partial charge in [-0.05, 0) is 38.8 Å². The van der Waals surface area contributed by atoms with Crippen LogP contribution in [0.3, 0.4) is 0 Å². The highest BCUT2D eigenvalue weighted by molar-refractivity contribution is 6.54. The van der Waals surface area contributed by atoms with Crippen LogP contribution in [0, 0.1) is 16.7 Å². The first-order valence-electron chi connectivity index (χ1n) is 6.43. The molecule has 0 N–H and O–H groups in total. The summed E-state index contributed by atoms with van der Waals surface area (Å²) in [6.45, 7) is 4.10. The standard InChI is InChI=1S/C15H15ClN2O2/c1-15(2,9-17)7-4-8-18-12-10(13(19)14(18)20)5-3-6-11(12)16/h3,5-6H,4,7-8H2,1-2H3. The van der Waals surface area contributed by atoms with Crippen molar-refractivity contribution in [3.8, 4) is 6.07 Å². The van der Waals surface area contributed by atoms with Gasteiger partial charge in [0.05, 0.1) is 27.8 Å². The minimum absolute atomic E-state index is 0.363. The Hall–Kier alpha value is -1.86. The minimum Gasteiger partial charge on any atom is -0.303 e. The number of Topliss-reactive ketones (excluding diaryl/α,β-unsaturated/α-hetero) is 1. The zero-order valence-corrected chi connectivity index (χ0v) is 12.2. The van der Waals surface area contributed by atoms with Gasteiger partial charge >= 0.3 is 0 Å². The Morgan fingerprint density at radius 2 is 2.05 bits per heavy atom. The van der Waals surface area contributed by atoms with Gasteiger partial charge in [-0.25, -0.2) is 0 Å². The van der Waals surface area contributed by atoms with Gasteiger partial charge in [-0.2, -0.15) is 5.26 Å². The van der Waals surface area contributed by atoms with Crippen molar-refractivity contribution >= 4 is 29.0 Å². The van der Waals surface area contributed by atoms with Crippen LogP contribution < -0.4 is 4.90 Å². The zero-order valence-electron chi connectivity index (χ0n) is 11.4. The fourth-order valence-corrected chi connectivity index (χ4v) is 2.54. The molecular weight excluding hydrogens is 276 g/mol. The van der Waals surface area contributed by atoms with Crippen LogP contribution in [0.25, 0.3) is 0 Å². The Kier molecular flexibility index (Phi) is 3.82. The summed E-state index contributed by atoms with van der Waals surface area (Å²) >= 11 is 6.09. The van der Waals surface area contributed by atoms with Crippen molar-refractivity contribution in [2.75, 3.05) is 11.4 Å². The van der Waals surface area contributed by atoms with E-state index in [1.165, 1.54) is 4.90 Å². The van der Waals surface area contributed by atoms with Crippen LogP contribution in [-0.4, -0.2) is 18.2 Å². The van der Waals surface area contributed by atoms with Crippen LogP contribution in [0.5, 0.6) is 0 Å². The van der Waals surface area contributed by atoms with Gasteiger partial charge in [0, 0.05) is 6.54 Å². The molecule has 0 saturated carbocycles. The van der Waals surface area contributed by atoms with E-state index in [-0.39, 0.29) is 0 Å². The molecule has 20 heavy (non-hydrogen) atoms. The van der Waals surface area contributed by atoms with Crippen molar-refractivity contribution in [2.45, 2.75) is 26.7 Å². The van der Waals surface area contributed by atoms with Gasteiger partial charge in [0.2, 0.25) is 0 Å². The van der Waals surface area contributed by atoms with Gasteiger partial charge in [0.15, 0.2) is 0 Å². The number of carbonyl (C=O) groups excluding carboxylic acids is 2. The summed E-state index contributed by atoms with van der Waals surface area (Å²) in [4.78, 5) is 25.3. The highest BCUT2D eigenvalue weighted by atomic mass is 35.5. The first-order valence-corrected chi connectivity index (χ1v) is 6.81. The van der Waals surface area contributed by atoms with E-state index in [1.54, 1.807) is 18.2 Å². The number of halogens is 1. The second-order valence-electron chi connectivity index (χ2n) is 5.52. The van der Waals surface area contributed by atoms with Crippen LogP contribution in [-0.2, 0) is 4.79 Å². The number of hydrogen-bond donors (Lipinski definition) is 0. The number of rotatable bonds is 4. The molecule has 0 unspecified atom stereocenters. The Balaban J connectivity index is 2.17. The molecule has 1 heterocycles. The van der Waals surface area contributed by atoms with Crippen molar-refractivity contribution in [3.05, 3.63) is 28.8 Å². The van der Waals surface area contributed by atoms with Crippen molar-refractivity contribution in [3.63, 3.8) is 0 Å². The Labute approximate surface area is 122 Å². The molecule has 1 amide bonds. The molecule has 104 valence electrons. The summed E-state index contributed by atoms with van der Waals surface area (Å²) in [5.74, 6) is -1.05. The van der Waals surface area contributed by atoms with Crippen LogP contribution in [0.1, 0.15) is 37.0 Å². The summed E-state index contributed by atoms with van der Waals surface area (Å²) in [6, 6.07) is 7.16. The summed E-state index contributed by atoms with van der Waals surface area (Å²) in [5.41, 5.74) is 0.428. The van der Waals surface area contributed by atoms with Gasteiger partial charge < -0.3 is 4.90 Å². The quantitative estimate of drug-likeness (QED) is 0.800. The third kappa shape index (κ3) is 2.54. The molecule has 0 aromatic heterocycles. The topological polar surface area (TPSA) is 61.2 Å². The van der Waals surface area contributed by atoms with Crippen LogP contribution in [0.15, 0.2) is 18.2 Å². The molecule has 0 saturated heterocycles. The van der Waals surface area contributed by atoms with Gasteiger partial charge in [0.25, 0.3) is 11.7 Å². The monoisotopic (exact) mass is 290 g/mol. The average molecular weight is 291 g/mol. The van der Waals surface area contributed by atoms with Crippen LogP contribution in [0.2, 0.25) is 5.02 Å². The molecule has 2 rings (SSSR count). The van der Waals surface area contributed by atoms with Crippen molar-refractivity contribution < 1.29 is 9.59 Å². The number of amides is 1. The number of nitrogens with zero attached hydrogens (tertiary/aromatic N) is 2. The molecule has 0 aliphatic carbocycles. The molecule has 4 nitrogen and oxygen atoms in total. The van der Waals surface area contributed by atoms with Crippen molar-refractivity contribution in [2.24, 2.45) is 5.41 Å². The number of ketones is 1. The summed E-state index contributed by atoms with van der Waals surface area (Å²) < 4.78 is 0. The number of para-hydroxylation sites is 1. The smallest absolute Gasteiger partial charge is 0.299 e. The summed E-state index contributed by atoms with van der Waals surface area (Å²) in [5, 5.41) is 9.38. The number of benzene rings is 1. The van der Waals surface area contributed by atoms with Crippen molar-refractivity contribution in [1.82, 2.24) is 0 Å². The fourth-order valence-electron chi connectivity index (χ4n) is 2.26. The van der Waals surface area contributed by atoms with E-state index in [0.717, 1.165) is 0 Å². The van der Waals surface area contributed by atoms with Crippen LogP contribution in [0.4, 0.5) is 5.69 Å². The molecule has 0 spiro atoms. The number of fused-ring (bicyclic) bond motifs is 1. The third-order valence-corrected chi connectivity index (χ3v) is 3.73. The lowest BCUT2D eigenvalue weighted by Crippen LogP contribution is -2.31. The second-order valence-corrected chi connectivity index (χ2v) is 5.93. The largest absolute Gasteiger partial charge is 0.303 e. The molecule has 1 aliphatic rings. The van der Waals surface area contributed by atoms with E-state index in [0.29, 0.717) is 35.7 Å². The predicted molar refractivity (Wildman–Crippen MR) is 76.8 cm³/mol. The SMILES string of the molecule is CC(C)(C#N)CCCN1C(=O)C(=O)c2cccc(Cl)c21. The second kappa shape index (κ2) is 5.26. The summed E-state index contributed by atoms with van der Waals surface area (Å²) in [6.07, 6.45) is 1.30. The predicted octanol–water partition coefficient (Wildman–Crippen LogP) is 3.20. The lowest BCUT2D eigenvalue weighted by atomic mass is 9.90. The molecular formula is C15H15ClN2O2. The molecule has 1 aliphatic heterocycles. The third-order valence-electron chi connectivity index (χ3n) is 3.43. The van der Waals surface area contributed by atoms with Crippen molar-refractivity contribution in [1.29, 1.82) is 5.26 Å². The number of anilines is 1. The van der Waals surface area contributed by atoms with Gasteiger partial charge in [-0.1, -0.05) is 17.7 Å². The van der Waals surface area contributed by atoms with Gasteiger partial charge in [-0.3, -0.25) is 9.59 Å². The maximum atomic E-state index is 12.0. The van der Waals surface area contributed by atoms with Gasteiger partial charge in [-0.15, -0.1) is 0 Å². The van der Waals surface area contributed by atoms with E-state index in [4.69, 9.17) is 16.9 Å². The Morgan fingerprint density at radius 3 is 2.70 bits per heavy atom. The lowest BCUT2D eigenvalue weighted by Gasteiger charge is -2.20. The summed E-state index contributed by atoms with van der Waals surface area (Å²) in [7, 11) is 0. The molecule has 0 bridgehead atoms. The van der Waals surface area contributed by atoms with Crippen LogP contribution >= 0.6 is 11.6 Å². The number of carbonyl (C=O) groups is 2. The normalized spacial score (nSPS) is 14.4.